The highest BCUT2D eigenvalue weighted by molar-refractivity contribution is 6.04. The molecule has 1 heterocycles. The molecule has 1 aromatic carbocycles. The summed E-state index contributed by atoms with van der Waals surface area (Å²) in [6.07, 6.45) is 4.26. The van der Waals surface area contributed by atoms with Crippen molar-refractivity contribution in [3.8, 4) is 5.75 Å². The zero-order valence-corrected chi connectivity index (χ0v) is 11.4. The number of rotatable bonds is 4. The number of hydrogen-bond acceptors (Lipinski definition) is 4. The van der Waals surface area contributed by atoms with Crippen molar-refractivity contribution in [3.05, 3.63) is 47.3 Å². The zero-order valence-electron chi connectivity index (χ0n) is 11.4. The number of nitrogens with zero attached hydrogens (tertiary/aromatic N) is 3. The van der Waals surface area contributed by atoms with Crippen molar-refractivity contribution < 1.29 is 9.94 Å². The van der Waals surface area contributed by atoms with Crippen molar-refractivity contribution in [2.24, 2.45) is 12.2 Å². The summed E-state index contributed by atoms with van der Waals surface area (Å²) in [6.45, 7) is 0.613. The second-order valence-electron chi connectivity index (χ2n) is 4.87. The number of oxime groups is 1. The SMILES string of the molecule is Cn1nccc1CCOc1cccc2c1CC/C2=N\O. The van der Waals surface area contributed by atoms with Crippen LogP contribution in [0.3, 0.4) is 0 Å². The molecule has 0 bridgehead atoms. The summed E-state index contributed by atoms with van der Waals surface area (Å²) in [5, 5.41) is 16.5. The van der Waals surface area contributed by atoms with E-state index < -0.39 is 0 Å². The molecular formula is C15H17N3O2. The number of aryl methyl sites for hydroxylation is 1. The van der Waals surface area contributed by atoms with Gasteiger partial charge in [-0.25, -0.2) is 0 Å². The van der Waals surface area contributed by atoms with Crippen LogP contribution in [0.25, 0.3) is 0 Å². The third kappa shape index (κ3) is 2.27. The lowest BCUT2D eigenvalue weighted by molar-refractivity contribution is 0.315. The number of benzene rings is 1. The molecule has 20 heavy (non-hydrogen) atoms. The van der Waals surface area contributed by atoms with Crippen LogP contribution in [-0.2, 0) is 19.9 Å². The largest absolute Gasteiger partial charge is 0.493 e. The Morgan fingerprint density at radius 3 is 3.00 bits per heavy atom. The molecule has 5 heteroatoms. The van der Waals surface area contributed by atoms with Crippen molar-refractivity contribution >= 4 is 5.71 Å². The minimum absolute atomic E-state index is 0.613. The first-order chi connectivity index (χ1) is 9.79. The third-order valence-corrected chi connectivity index (χ3v) is 3.71. The van der Waals surface area contributed by atoms with Crippen molar-refractivity contribution in [3.63, 3.8) is 0 Å². The monoisotopic (exact) mass is 271 g/mol. The van der Waals surface area contributed by atoms with Gasteiger partial charge in [0.1, 0.15) is 5.75 Å². The van der Waals surface area contributed by atoms with Crippen LogP contribution in [0.4, 0.5) is 0 Å². The molecule has 1 aliphatic rings. The maximum Gasteiger partial charge on any atom is 0.123 e. The van der Waals surface area contributed by atoms with E-state index in [0.717, 1.165) is 47.5 Å². The minimum atomic E-state index is 0.613. The highest BCUT2D eigenvalue weighted by Gasteiger charge is 2.21. The van der Waals surface area contributed by atoms with Crippen LogP contribution in [0.15, 0.2) is 35.6 Å². The van der Waals surface area contributed by atoms with Crippen molar-refractivity contribution in [1.82, 2.24) is 9.78 Å². The Labute approximate surface area is 117 Å². The molecule has 1 N–H and O–H groups in total. The molecule has 0 saturated carbocycles. The maximum absolute atomic E-state index is 8.97. The van der Waals surface area contributed by atoms with Crippen LogP contribution >= 0.6 is 0 Å². The van der Waals surface area contributed by atoms with Gasteiger partial charge >= 0.3 is 0 Å². The summed E-state index contributed by atoms with van der Waals surface area (Å²) in [5.41, 5.74) is 4.04. The van der Waals surface area contributed by atoms with Crippen LogP contribution in [-0.4, -0.2) is 27.3 Å². The van der Waals surface area contributed by atoms with Gasteiger partial charge in [-0.15, -0.1) is 0 Å². The van der Waals surface area contributed by atoms with Crippen molar-refractivity contribution in [1.29, 1.82) is 0 Å². The molecule has 0 fully saturated rings. The Morgan fingerprint density at radius 2 is 2.25 bits per heavy atom. The summed E-state index contributed by atoms with van der Waals surface area (Å²) in [4.78, 5) is 0. The van der Waals surface area contributed by atoms with Gasteiger partial charge in [-0.3, -0.25) is 4.68 Å². The summed E-state index contributed by atoms with van der Waals surface area (Å²) < 4.78 is 7.75. The molecule has 0 unspecified atom stereocenters. The predicted octanol–water partition coefficient (Wildman–Crippen LogP) is 2.17. The molecule has 0 spiro atoms. The summed E-state index contributed by atoms with van der Waals surface area (Å²) >= 11 is 0. The van der Waals surface area contributed by atoms with Crippen LogP contribution in [0, 0.1) is 0 Å². The average Bonchev–Trinajstić information content (AvgIpc) is 3.06. The summed E-state index contributed by atoms with van der Waals surface area (Å²) in [6, 6.07) is 7.89. The molecule has 0 radical (unpaired) electrons. The first-order valence-corrected chi connectivity index (χ1v) is 6.72. The molecule has 5 nitrogen and oxygen atoms in total. The van der Waals surface area contributed by atoms with Gasteiger partial charge in [-0.05, 0) is 25.0 Å². The van der Waals surface area contributed by atoms with Gasteiger partial charge in [0.15, 0.2) is 0 Å². The van der Waals surface area contributed by atoms with E-state index in [1.54, 1.807) is 6.20 Å². The van der Waals surface area contributed by atoms with Crippen molar-refractivity contribution in [2.75, 3.05) is 6.61 Å². The lowest BCUT2D eigenvalue weighted by atomic mass is 10.1. The fraction of sp³-hybridized carbons (Fsp3) is 0.333. The Bertz CT molecular complexity index is 646. The van der Waals surface area contributed by atoms with E-state index in [1.165, 1.54) is 0 Å². The van der Waals surface area contributed by atoms with E-state index >= 15 is 0 Å². The fourth-order valence-electron chi connectivity index (χ4n) is 2.62. The second-order valence-corrected chi connectivity index (χ2v) is 4.87. The number of fused-ring (bicyclic) bond motifs is 1. The molecule has 104 valence electrons. The molecule has 0 amide bonds. The van der Waals surface area contributed by atoms with Crippen LogP contribution in [0.5, 0.6) is 5.75 Å². The molecule has 3 rings (SSSR count). The van der Waals surface area contributed by atoms with E-state index in [-0.39, 0.29) is 0 Å². The van der Waals surface area contributed by atoms with E-state index in [0.29, 0.717) is 6.61 Å². The lowest BCUT2D eigenvalue weighted by Crippen LogP contribution is -2.07. The number of aromatic nitrogens is 2. The molecule has 0 aliphatic heterocycles. The van der Waals surface area contributed by atoms with Crippen molar-refractivity contribution in [2.45, 2.75) is 19.3 Å². The zero-order chi connectivity index (χ0) is 13.9. The Hall–Kier alpha value is -2.30. The smallest absolute Gasteiger partial charge is 0.123 e. The Balaban J connectivity index is 1.70. The molecular weight excluding hydrogens is 254 g/mol. The van der Waals surface area contributed by atoms with Gasteiger partial charge in [0.2, 0.25) is 0 Å². The molecule has 2 aromatic rings. The van der Waals surface area contributed by atoms with E-state index in [4.69, 9.17) is 9.94 Å². The Morgan fingerprint density at radius 1 is 1.35 bits per heavy atom. The van der Waals surface area contributed by atoms with E-state index in [9.17, 15) is 0 Å². The van der Waals surface area contributed by atoms with Gasteiger partial charge in [-0.1, -0.05) is 17.3 Å². The highest BCUT2D eigenvalue weighted by atomic mass is 16.5. The second kappa shape index (κ2) is 5.36. The topological polar surface area (TPSA) is 59.6 Å². The molecule has 0 atom stereocenters. The first-order valence-electron chi connectivity index (χ1n) is 6.72. The van der Waals surface area contributed by atoms with Crippen LogP contribution in [0.2, 0.25) is 0 Å². The first kappa shape index (κ1) is 12.7. The quantitative estimate of drug-likeness (QED) is 0.685. The van der Waals surface area contributed by atoms with Gasteiger partial charge in [0.05, 0.1) is 12.3 Å². The Kier molecular flexibility index (Phi) is 3.41. The molecule has 1 aromatic heterocycles. The molecule has 0 saturated heterocycles. The number of ether oxygens (including phenoxy) is 1. The minimum Gasteiger partial charge on any atom is -0.493 e. The predicted molar refractivity (Wildman–Crippen MR) is 75.5 cm³/mol. The van der Waals surface area contributed by atoms with Gasteiger partial charge in [-0.2, -0.15) is 5.10 Å². The number of hydrogen-bond donors (Lipinski definition) is 1. The third-order valence-electron chi connectivity index (χ3n) is 3.71. The standard InChI is InChI=1S/C15H17N3O2/c1-18-11(7-9-16-18)8-10-20-15-4-2-3-12-13(15)5-6-14(12)17-19/h2-4,7,9,19H,5-6,8,10H2,1H3/b17-14+. The highest BCUT2D eigenvalue weighted by Crippen LogP contribution is 2.30. The van der Waals surface area contributed by atoms with Gasteiger partial charge in [0.25, 0.3) is 0 Å². The van der Waals surface area contributed by atoms with Gasteiger partial charge < -0.3 is 9.94 Å². The maximum atomic E-state index is 8.97. The van der Waals surface area contributed by atoms with Crippen LogP contribution in [0.1, 0.15) is 23.2 Å². The summed E-state index contributed by atoms with van der Waals surface area (Å²) in [5.74, 6) is 0.892. The average molecular weight is 271 g/mol. The van der Waals surface area contributed by atoms with E-state index in [1.807, 2.05) is 36.0 Å². The lowest BCUT2D eigenvalue weighted by Gasteiger charge is -2.10. The molecule has 1 aliphatic carbocycles. The normalized spacial score (nSPS) is 15.6. The van der Waals surface area contributed by atoms with Crippen LogP contribution < -0.4 is 4.74 Å². The van der Waals surface area contributed by atoms with Gasteiger partial charge in [0, 0.05) is 36.5 Å². The fourth-order valence-corrected chi connectivity index (χ4v) is 2.62. The summed E-state index contributed by atoms with van der Waals surface area (Å²) in [7, 11) is 1.93. The van der Waals surface area contributed by atoms with E-state index in [2.05, 4.69) is 10.3 Å².